The molecule has 1 fully saturated rings. The average Bonchev–Trinajstić information content (AvgIpc) is 3.33. The molecule has 1 aromatic heterocycles. The first kappa shape index (κ1) is 17.9. The maximum absolute atomic E-state index is 13.7. The average molecular weight is 388 g/mol. The van der Waals surface area contributed by atoms with Crippen molar-refractivity contribution < 1.29 is 9.53 Å². The third-order valence-corrected chi connectivity index (χ3v) is 5.81. The molecule has 0 aliphatic carbocycles. The summed E-state index contributed by atoms with van der Waals surface area (Å²) in [4.78, 5) is 22.3. The van der Waals surface area contributed by atoms with Gasteiger partial charge in [-0.1, -0.05) is 42.5 Å². The van der Waals surface area contributed by atoms with Crippen LogP contribution in [0.4, 0.5) is 5.69 Å². The van der Waals surface area contributed by atoms with Gasteiger partial charge in [0, 0.05) is 32.4 Å². The minimum absolute atomic E-state index is 0.00393. The van der Waals surface area contributed by atoms with Gasteiger partial charge in [0.05, 0.1) is 24.8 Å². The second-order valence-corrected chi connectivity index (χ2v) is 7.75. The highest BCUT2D eigenvalue weighted by Gasteiger charge is 2.43. The maximum Gasteiger partial charge on any atom is 0.244 e. The number of anilines is 1. The normalized spacial score (nSPS) is 21.4. The Kier molecular flexibility index (Phi) is 4.56. The van der Waals surface area contributed by atoms with E-state index in [4.69, 9.17) is 4.74 Å². The van der Waals surface area contributed by atoms with E-state index in [9.17, 15) is 4.79 Å². The summed E-state index contributed by atoms with van der Waals surface area (Å²) in [7, 11) is 1.98. The summed E-state index contributed by atoms with van der Waals surface area (Å²) in [6.45, 7) is 1.88. The van der Waals surface area contributed by atoms with Crippen LogP contribution in [0.2, 0.25) is 0 Å². The Morgan fingerprint density at radius 3 is 2.66 bits per heavy atom. The van der Waals surface area contributed by atoms with Gasteiger partial charge in [0.2, 0.25) is 5.91 Å². The topological polar surface area (TPSA) is 50.6 Å². The lowest BCUT2D eigenvalue weighted by atomic mass is 10.1. The van der Waals surface area contributed by atoms with E-state index in [1.54, 1.807) is 6.20 Å². The molecule has 29 heavy (non-hydrogen) atoms. The van der Waals surface area contributed by atoms with Gasteiger partial charge < -0.3 is 14.2 Å². The van der Waals surface area contributed by atoms with Crippen molar-refractivity contribution in [2.75, 3.05) is 11.4 Å². The van der Waals surface area contributed by atoms with E-state index in [0.29, 0.717) is 19.5 Å². The number of carbonyl (C=O) groups excluding carboxylic acids is 1. The summed E-state index contributed by atoms with van der Waals surface area (Å²) >= 11 is 0. The van der Waals surface area contributed by atoms with Crippen LogP contribution in [0.25, 0.3) is 0 Å². The summed E-state index contributed by atoms with van der Waals surface area (Å²) in [5.41, 5.74) is 1.94. The van der Waals surface area contributed by atoms with E-state index in [-0.39, 0.29) is 18.1 Å². The van der Waals surface area contributed by atoms with Crippen LogP contribution in [0.3, 0.4) is 0 Å². The molecular weight excluding hydrogens is 364 g/mol. The first-order valence-electron chi connectivity index (χ1n) is 10.0. The molecule has 2 atom stereocenters. The number of imidazole rings is 1. The van der Waals surface area contributed by atoms with Crippen molar-refractivity contribution in [2.45, 2.75) is 31.7 Å². The molecule has 0 saturated carbocycles. The zero-order valence-corrected chi connectivity index (χ0v) is 16.4. The second-order valence-electron chi connectivity index (χ2n) is 7.75. The van der Waals surface area contributed by atoms with Crippen LogP contribution in [-0.4, -0.2) is 39.0 Å². The summed E-state index contributed by atoms with van der Waals surface area (Å²) in [6, 6.07) is 17.8. The highest BCUT2D eigenvalue weighted by atomic mass is 16.5. The van der Waals surface area contributed by atoms with Crippen LogP contribution in [0, 0.1) is 0 Å². The number of para-hydroxylation sites is 2. The SMILES string of the molecule is Cn1ccnc1CN1C[C@@H]2C[C@H]1C(=O)N(Cc1ccccc1)c1ccccc1O2. The number of rotatable bonds is 4. The fourth-order valence-electron chi connectivity index (χ4n) is 4.30. The lowest BCUT2D eigenvalue weighted by molar-refractivity contribution is -0.123. The summed E-state index contributed by atoms with van der Waals surface area (Å²) in [5.74, 6) is 1.86. The lowest BCUT2D eigenvalue weighted by Crippen LogP contribution is -2.45. The van der Waals surface area contributed by atoms with Crippen LogP contribution in [0.15, 0.2) is 67.0 Å². The molecule has 2 aliphatic rings. The molecule has 3 heterocycles. The quantitative estimate of drug-likeness (QED) is 0.690. The minimum atomic E-state index is -0.214. The first-order valence-corrected chi connectivity index (χ1v) is 10.0. The van der Waals surface area contributed by atoms with Crippen molar-refractivity contribution in [3.05, 3.63) is 78.4 Å². The molecule has 6 heteroatoms. The largest absolute Gasteiger partial charge is 0.487 e. The molecule has 148 valence electrons. The smallest absolute Gasteiger partial charge is 0.244 e. The Labute approximate surface area is 170 Å². The van der Waals surface area contributed by atoms with Crippen LogP contribution in [0.1, 0.15) is 17.8 Å². The van der Waals surface area contributed by atoms with Crippen molar-refractivity contribution in [1.29, 1.82) is 0 Å². The number of fused-ring (bicyclic) bond motifs is 3. The van der Waals surface area contributed by atoms with E-state index >= 15 is 0 Å². The predicted molar refractivity (Wildman–Crippen MR) is 111 cm³/mol. The number of hydrogen-bond acceptors (Lipinski definition) is 4. The molecular formula is C23H24N4O2. The Bertz CT molecular complexity index is 1020. The molecule has 0 radical (unpaired) electrons. The molecule has 3 aromatic rings. The standard InChI is InChI=1S/C23H24N4O2/c1-25-12-11-24-22(25)16-26-15-18-13-20(26)23(28)27(14-17-7-3-2-4-8-17)19-9-5-6-10-21(19)29-18/h2-12,18,20H,13-16H2,1H3/t18-,20-/m0/s1. The summed E-state index contributed by atoms with van der Waals surface area (Å²) < 4.78 is 8.37. The number of nitrogens with zero attached hydrogens (tertiary/aromatic N) is 4. The van der Waals surface area contributed by atoms with E-state index in [1.165, 1.54) is 0 Å². The van der Waals surface area contributed by atoms with E-state index in [0.717, 1.165) is 29.4 Å². The number of likely N-dealkylation sites (tertiary alicyclic amines) is 1. The van der Waals surface area contributed by atoms with Gasteiger partial charge >= 0.3 is 0 Å². The van der Waals surface area contributed by atoms with Crippen molar-refractivity contribution in [3.63, 3.8) is 0 Å². The lowest BCUT2D eigenvalue weighted by Gasteiger charge is -2.31. The molecule has 0 spiro atoms. The minimum Gasteiger partial charge on any atom is -0.487 e. The van der Waals surface area contributed by atoms with E-state index < -0.39 is 0 Å². The molecule has 6 nitrogen and oxygen atoms in total. The molecule has 2 aliphatic heterocycles. The fourth-order valence-corrected chi connectivity index (χ4v) is 4.30. The number of hydrogen-bond donors (Lipinski definition) is 0. The van der Waals surface area contributed by atoms with Crippen LogP contribution >= 0.6 is 0 Å². The Balaban J connectivity index is 1.50. The number of aryl methyl sites for hydroxylation is 1. The van der Waals surface area contributed by atoms with Gasteiger partial charge in [-0.3, -0.25) is 9.69 Å². The Morgan fingerprint density at radius 1 is 1.07 bits per heavy atom. The van der Waals surface area contributed by atoms with Crippen molar-refractivity contribution in [3.8, 4) is 5.75 Å². The number of amides is 1. The third-order valence-electron chi connectivity index (χ3n) is 5.81. The molecule has 0 N–H and O–H groups in total. The predicted octanol–water partition coefficient (Wildman–Crippen LogP) is 2.99. The molecule has 5 rings (SSSR count). The van der Waals surface area contributed by atoms with Gasteiger partial charge in [0.1, 0.15) is 17.7 Å². The Hall–Kier alpha value is -3.12. The maximum atomic E-state index is 13.7. The van der Waals surface area contributed by atoms with Gasteiger partial charge in [-0.2, -0.15) is 0 Å². The number of carbonyl (C=O) groups is 1. The van der Waals surface area contributed by atoms with Crippen molar-refractivity contribution in [2.24, 2.45) is 7.05 Å². The molecule has 2 bridgehead atoms. The highest BCUT2D eigenvalue weighted by molar-refractivity contribution is 5.99. The van der Waals surface area contributed by atoms with Gasteiger partial charge in [-0.25, -0.2) is 4.98 Å². The van der Waals surface area contributed by atoms with Crippen molar-refractivity contribution in [1.82, 2.24) is 14.5 Å². The van der Waals surface area contributed by atoms with E-state index in [2.05, 4.69) is 22.0 Å². The molecule has 0 unspecified atom stereocenters. The van der Waals surface area contributed by atoms with Gasteiger partial charge in [-0.15, -0.1) is 0 Å². The monoisotopic (exact) mass is 388 g/mol. The molecule has 1 amide bonds. The summed E-state index contributed by atoms with van der Waals surface area (Å²) in [6.07, 6.45) is 4.44. The number of benzene rings is 2. The van der Waals surface area contributed by atoms with Crippen LogP contribution in [0.5, 0.6) is 5.75 Å². The number of aromatic nitrogens is 2. The first-order chi connectivity index (χ1) is 14.2. The van der Waals surface area contributed by atoms with Crippen LogP contribution < -0.4 is 9.64 Å². The van der Waals surface area contributed by atoms with E-state index in [1.807, 2.05) is 65.2 Å². The van der Waals surface area contributed by atoms with Gasteiger partial charge in [0.15, 0.2) is 0 Å². The fraction of sp³-hybridized carbons (Fsp3) is 0.304. The highest BCUT2D eigenvalue weighted by Crippen LogP contribution is 2.37. The third kappa shape index (κ3) is 3.40. The van der Waals surface area contributed by atoms with Crippen LogP contribution in [-0.2, 0) is 24.9 Å². The van der Waals surface area contributed by atoms with Gasteiger partial charge in [0.25, 0.3) is 0 Å². The Morgan fingerprint density at radius 2 is 1.86 bits per heavy atom. The number of ether oxygens (including phenoxy) is 1. The zero-order chi connectivity index (χ0) is 19.8. The van der Waals surface area contributed by atoms with Crippen molar-refractivity contribution >= 4 is 11.6 Å². The van der Waals surface area contributed by atoms with Gasteiger partial charge in [-0.05, 0) is 17.7 Å². The summed E-state index contributed by atoms with van der Waals surface area (Å²) in [5, 5.41) is 0. The zero-order valence-electron chi connectivity index (χ0n) is 16.4. The molecule has 2 aromatic carbocycles. The molecule has 1 saturated heterocycles. The second kappa shape index (κ2) is 7.37.